The van der Waals surface area contributed by atoms with Crippen LogP contribution in [0.4, 0.5) is 5.82 Å². The number of pyridine rings is 2. The number of hydrogen-bond acceptors (Lipinski definition) is 6. The number of H-pyrrole nitrogens is 1. The second-order valence-corrected chi connectivity index (χ2v) is 7.68. The van der Waals surface area contributed by atoms with E-state index in [0.717, 1.165) is 5.69 Å². The lowest BCUT2D eigenvalue weighted by molar-refractivity contribution is -0.119. The van der Waals surface area contributed by atoms with Gasteiger partial charge in [0.2, 0.25) is 5.91 Å². The van der Waals surface area contributed by atoms with Crippen molar-refractivity contribution in [1.82, 2.24) is 29.8 Å². The number of fused-ring (bicyclic) bond motifs is 1. The van der Waals surface area contributed by atoms with Crippen LogP contribution < -0.4 is 16.2 Å². The van der Waals surface area contributed by atoms with Gasteiger partial charge in [0.05, 0.1) is 29.0 Å². The Morgan fingerprint density at radius 3 is 2.43 bits per heavy atom. The van der Waals surface area contributed by atoms with Gasteiger partial charge in [-0.3, -0.25) is 24.1 Å². The third kappa shape index (κ3) is 8.63. The van der Waals surface area contributed by atoms with E-state index in [1.54, 1.807) is 31.6 Å². The molecule has 0 aliphatic rings. The highest BCUT2D eigenvalue weighted by Crippen LogP contribution is 2.30. The van der Waals surface area contributed by atoms with Crippen molar-refractivity contribution in [3.63, 3.8) is 0 Å². The van der Waals surface area contributed by atoms with Crippen molar-refractivity contribution in [3.8, 4) is 5.82 Å². The van der Waals surface area contributed by atoms with Crippen LogP contribution in [0.2, 0.25) is 5.02 Å². The number of halogens is 6. The van der Waals surface area contributed by atoms with Gasteiger partial charge >= 0.3 is 0 Å². The lowest BCUT2D eigenvalue weighted by Crippen LogP contribution is -2.26. The quantitative estimate of drug-likeness (QED) is 0.267. The lowest BCUT2D eigenvalue weighted by atomic mass is 10.2. The Morgan fingerprint density at radius 1 is 1.05 bits per heavy atom. The summed E-state index contributed by atoms with van der Waals surface area (Å²) in [5, 5.41) is 6.91. The van der Waals surface area contributed by atoms with Crippen LogP contribution >= 0.6 is 73.6 Å². The maximum atomic E-state index is 13.2. The summed E-state index contributed by atoms with van der Waals surface area (Å²) in [6.45, 7) is 4.04. The topological polar surface area (TPSA) is 118 Å². The molecule has 0 radical (unpaired) electrons. The fourth-order valence-corrected chi connectivity index (χ4v) is 3.63. The molecule has 0 aromatic carbocycles. The zero-order chi connectivity index (χ0) is 22.7. The predicted octanol–water partition coefficient (Wildman–Crippen LogP) is 4.87. The van der Waals surface area contributed by atoms with Crippen molar-refractivity contribution in [3.05, 3.63) is 75.3 Å². The minimum Gasteiger partial charge on any atom is -0.365 e. The van der Waals surface area contributed by atoms with E-state index in [4.69, 9.17) is 11.6 Å². The number of aryl methyl sites for hydroxylation is 1. The van der Waals surface area contributed by atoms with Gasteiger partial charge in [-0.25, -0.2) is 4.98 Å². The maximum absolute atomic E-state index is 13.2. The normalized spacial score (nSPS) is 9.49. The molecule has 0 aliphatic heterocycles. The zero-order valence-corrected chi connectivity index (χ0v) is 24.5. The molecule has 1 amide bonds. The number of carbonyl (C=O) groups is 1. The van der Waals surface area contributed by atoms with Crippen LogP contribution in [-0.4, -0.2) is 37.0 Å². The minimum atomic E-state index is -0.314. The smallest absolute Gasteiger partial charge is 0.299 e. The summed E-state index contributed by atoms with van der Waals surface area (Å²) in [6.07, 6.45) is 5.65. The maximum Gasteiger partial charge on any atom is 0.299 e. The molecule has 4 aromatic rings. The average molecular weight is 634 g/mol. The minimum absolute atomic E-state index is 0. The van der Waals surface area contributed by atoms with Gasteiger partial charge in [-0.15, -0.1) is 62.0 Å². The van der Waals surface area contributed by atoms with E-state index in [9.17, 15) is 9.59 Å². The molecule has 0 bridgehead atoms. The summed E-state index contributed by atoms with van der Waals surface area (Å²) in [5.74, 6) is 0.526. The summed E-state index contributed by atoms with van der Waals surface area (Å²) in [6, 6.07) is 7.51. The van der Waals surface area contributed by atoms with Crippen LogP contribution in [0.3, 0.4) is 0 Å². The van der Waals surface area contributed by atoms with E-state index in [1.807, 2.05) is 18.2 Å². The van der Waals surface area contributed by atoms with Gasteiger partial charge in [-0.1, -0.05) is 17.7 Å². The summed E-state index contributed by atoms with van der Waals surface area (Å²) < 4.78 is 1.49. The molecule has 4 aromatic heterocycles. The predicted molar refractivity (Wildman–Crippen MR) is 159 cm³/mol. The molecule has 4 heterocycles. The molecule has 0 aliphatic carbocycles. The monoisotopic (exact) mass is 631 g/mol. The first-order valence-electron chi connectivity index (χ1n) is 10.1. The van der Waals surface area contributed by atoms with Crippen LogP contribution in [0.5, 0.6) is 0 Å². The first kappa shape index (κ1) is 36.9. The van der Waals surface area contributed by atoms with Crippen molar-refractivity contribution in [2.45, 2.75) is 26.8 Å². The molecular weight excluding hydrogens is 607 g/mol. The number of hydrogen-bond donors (Lipinski definition) is 3. The summed E-state index contributed by atoms with van der Waals surface area (Å²) in [5.41, 5.74) is 2.59. The van der Waals surface area contributed by atoms with Gasteiger partial charge in [0.1, 0.15) is 5.82 Å². The molecule has 204 valence electrons. The summed E-state index contributed by atoms with van der Waals surface area (Å²) in [4.78, 5) is 40.4. The Morgan fingerprint density at radius 2 is 1.78 bits per heavy atom. The average Bonchev–Trinajstić information content (AvgIpc) is 3.10. The summed E-state index contributed by atoms with van der Waals surface area (Å²) in [7, 11) is 0. The number of amides is 1. The Labute approximate surface area is 249 Å². The first-order chi connectivity index (χ1) is 15.4. The largest absolute Gasteiger partial charge is 0.365 e. The zero-order valence-electron chi connectivity index (χ0n) is 19.7. The molecule has 0 unspecified atom stereocenters. The van der Waals surface area contributed by atoms with Gasteiger partial charge in [0.25, 0.3) is 5.56 Å². The molecule has 0 fully saturated rings. The van der Waals surface area contributed by atoms with Crippen molar-refractivity contribution >= 4 is 96.3 Å². The molecule has 0 atom stereocenters. The van der Waals surface area contributed by atoms with E-state index in [0.29, 0.717) is 52.6 Å². The van der Waals surface area contributed by atoms with Crippen LogP contribution in [0, 0.1) is 6.92 Å². The molecule has 0 spiro atoms. The van der Waals surface area contributed by atoms with Gasteiger partial charge in [-0.2, -0.15) is 0 Å². The van der Waals surface area contributed by atoms with Gasteiger partial charge in [0.15, 0.2) is 5.82 Å². The molecule has 15 heteroatoms. The van der Waals surface area contributed by atoms with Gasteiger partial charge < -0.3 is 15.6 Å². The second kappa shape index (κ2) is 16.5. The fraction of sp³-hybridized carbons (Fsp3) is 0.227. The van der Waals surface area contributed by atoms with Crippen LogP contribution in [-0.2, 0) is 17.8 Å². The Hall–Kier alpha value is -2.27. The van der Waals surface area contributed by atoms with Crippen LogP contribution in [0.25, 0.3) is 16.7 Å². The van der Waals surface area contributed by atoms with E-state index < -0.39 is 0 Å². The molecular formula is C22H27Cl6N7O2. The molecule has 0 saturated carbocycles. The number of nitrogens with zero attached hydrogens (tertiary/aromatic N) is 4. The molecule has 37 heavy (non-hydrogen) atoms. The second-order valence-electron chi connectivity index (χ2n) is 7.31. The number of carbonyl (C=O) groups excluding carboxylic acids is 1. The van der Waals surface area contributed by atoms with Crippen molar-refractivity contribution in [2.75, 3.05) is 11.9 Å². The molecule has 3 N–H and O–H groups in total. The highest BCUT2D eigenvalue weighted by molar-refractivity contribution is 6.37. The van der Waals surface area contributed by atoms with E-state index in [-0.39, 0.29) is 79.3 Å². The summed E-state index contributed by atoms with van der Waals surface area (Å²) >= 11 is 6.65. The van der Waals surface area contributed by atoms with Gasteiger partial charge in [0, 0.05) is 49.1 Å². The van der Waals surface area contributed by atoms with E-state index >= 15 is 0 Å². The standard InChI is InChI=1S/C22H22ClN7O2.5ClH/c1-13-10-28-20(25-8-6-15-5-3-4-7-24-15)22(32)30(13)21-19(23)17-9-16(11-26-14(2)31)27-12-18(17)29-21;;;;;/h3-5,7,9-10,12,29H,6,8,11H2,1-2H3,(H,25,28)(H,26,31);5*1H. The Balaban J connectivity index is 0. The number of aromatic amines is 1. The lowest BCUT2D eigenvalue weighted by Gasteiger charge is -2.11. The Bertz CT molecular complexity index is 1350. The number of rotatable bonds is 7. The number of anilines is 1. The number of nitrogens with one attached hydrogen (secondary N) is 3. The van der Waals surface area contributed by atoms with Crippen molar-refractivity contribution < 1.29 is 4.79 Å². The highest BCUT2D eigenvalue weighted by Gasteiger charge is 2.17. The Kier molecular flexibility index (Phi) is 16.5. The van der Waals surface area contributed by atoms with E-state index in [1.165, 1.54) is 11.5 Å². The van der Waals surface area contributed by atoms with Crippen molar-refractivity contribution in [1.29, 1.82) is 0 Å². The third-order valence-corrected chi connectivity index (χ3v) is 5.32. The fourth-order valence-electron chi connectivity index (χ4n) is 3.35. The van der Waals surface area contributed by atoms with Crippen LogP contribution in [0.1, 0.15) is 24.0 Å². The molecule has 0 saturated heterocycles. The van der Waals surface area contributed by atoms with E-state index in [2.05, 4.69) is 30.6 Å². The SMILES string of the molecule is CC(=O)NCc1cc2c(Cl)c(-n3c(C)cnc(NCCc4ccccn4)c3=O)[nH]c2cn1.Cl.Cl.Cl.Cl.Cl. The van der Waals surface area contributed by atoms with Gasteiger partial charge in [-0.05, 0) is 25.1 Å². The third-order valence-electron chi connectivity index (χ3n) is 4.94. The highest BCUT2D eigenvalue weighted by atomic mass is 35.5. The van der Waals surface area contributed by atoms with Crippen LogP contribution in [0.15, 0.2) is 47.7 Å². The number of aromatic nitrogens is 5. The first-order valence-corrected chi connectivity index (χ1v) is 10.4. The van der Waals surface area contributed by atoms with Crippen molar-refractivity contribution in [2.24, 2.45) is 0 Å². The molecule has 4 rings (SSSR count). The molecule has 9 nitrogen and oxygen atoms in total.